The number of nitrogens with zero attached hydrogens (tertiary/aromatic N) is 1. The second kappa shape index (κ2) is 7.97. The maximum atomic E-state index is 12.9. The molecule has 0 aliphatic heterocycles. The maximum Gasteiger partial charge on any atom is 0.307 e. The van der Waals surface area contributed by atoms with Crippen LogP contribution in [0.1, 0.15) is 11.3 Å². The summed E-state index contributed by atoms with van der Waals surface area (Å²) in [6.45, 7) is 2.05. The molecule has 1 N–H and O–H groups in total. The molecule has 0 spiro atoms. The highest BCUT2D eigenvalue weighted by Gasteiger charge is 2.09. The first-order valence-corrected chi connectivity index (χ1v) is 8.81. The highest BCUT2D eigenvalue weighted by atomic mass is 32.1. The fourth-order valence-corrected chi connectivity index (χ4v) is 3.09. The van der Waals surface area contributed by atoms with Crippen LogP contribution in [-0.2, 0) is 17.9 Å². The zero-order valence-corrected chi connectivity index (χ0v) is 14.9. The molecule has 26 heavy (non-hydrogen) atoms. The molecule has 1 heterocycles. The lowest BCUT2D eigenvalue weighted by Crippen LogP contribution is -2.25. The number of anilines is 1. The molecular weight excluding hydrogens is 355 g/mol. The highest BCUT2D eigenvalue weighted by Crippen LogP contribution is 2.19. The Bertz CT molecular complexity index is 963. The van der Waals surface area contributed by atoms with Gasteiger partial charge < -0.3 is 10.1 Å². The van der Waals surface area contributed by atoms with Gasteiger partial charge in [0.2, 0.25) is 5.91 Å². The molecule has 1 aromatic heterocycles. The van der Waals surface area contributed by atoms with Crippen LogP contribution in [0.15, 0.2) is 58.7 Å². The van der Waals surface area contributed by atoms with E-state index in [4.69, 9.17) is 4.74 Å². The number of halogens is 1. The molecule has 1 amide bonds. The molecule has 0 aliphatic rings. The van der Waals surface area contributed by atoms with E-state index in [1.54, 1.807) is 48.7 Å². The average Bonchev–Trinajstić information content (AvgIpc) is 2.93. The van der Waals surface area contributed by atoms with Crippen molar-refractivity contribution in [3.05, 3.63) is 80.7 Å². The van der Waals surface area contributed by atoms with Crippen molar-refractivity contribution in [2.45, 2.75) is 20.1 Å². The van der Waals surface area contributed by atoms with E-state index in [1.165, 1.54) is 16.7 Å². The lowest BCUT2D eigenvalue weighted by Gasteiger charge is -2.10. The molecule has 0 bridgehead atoms. The van der Waals surface area contributed by atoms with Crippen molar-refractivity contribution in [3.63, 3.8) is 0 Å². The molecule has 0 aliphatic carbocycles. The van der Waals surface area contributed by atoms with E-state index in [-0.39, 0.29) is 23.1 Å². The maximum absolute atomic E-state index is 12.9. The summed E-state index contributed by atoms with van der Waals surface area (Å²) < 4.78 is 20.0. The number of amides is 1. The molecule has 5 nitrogen and oxygen atoms in total. The quantitative estimate of drug-likeness (QED) is 0.720. The third-order valence-electron chi connectivity index (χ3n) is 3.71. The Labute approximate surface area is 153 Å². The van der Waals surface area contributed by atoms with E-state index in [2.05, 4.69) is 5.32 Å². The van der Waals surface area contributed by atoms with E-state index >= 15 is 0 Å². The third-order valence-corrected chi connectivity index (χ3v) is 4.60. The summed E-state index contributed by atoms with van der Waals surface area (Å²) >= 11 is 1.07. The van der Waals surface area contributed by atoms with Gasteiger partial charge in [-0.3, -0.25) is 14.2 Å². The van der Waals surface area contributed by atoms with Crippen LogP contribution in [-0.4, -0.2) is 10.5 Å². The fourth-order valence-electron chi connectivity index (χ4n) is 2.35. The van der Waals surface area contributed by atoms with Gasteiger partial charge in [0.1, 0.15) is 24.7 Å². The summed E-state index contributed by atoms with van der Waals surface area (Å²) in [5, 5.41) is 4.48. The van der Waals surface area contributed by atoms with Crippen molar-refractivity contribution in [1.82, 2.24) is 4.57 Å². The molecule has 0 fully saturated rings. The van der Waals surface area contributed by atoms with E-state index < -0.39 is 0 Å². The van der Waals surface area contributed by atoms with Gasteiger partial charge in [-0.2, -0.15) is 0 Å². The first-order chi connectivity index (χ1) is 12.5. The third kappa shape index (κ3) is 4.58. The molecule has 3 aromatic rings. The topological polar surface area (TPSA) is 60.3 Å². The van der Waals surface area contributed by atoms with Crippen molar-refractivity contribution in [2.75, 3.05) is 5.32 Å². The highest BCUT2D eigenvalue weighted by molar-refractivity contribution is 7.07. The molecule has 7 heteroatoms. The summed E-state index contributed by atoms with van der Waals surface area (Å²) in [6, 6.07) is 13.0. The minimum Gasteiger partial charge on any atom is -0.489 e. The number of carbonyl (C=O) groups excluding carboxylic acids is 1. The number of nitrogens with one attached hydrogen (secondary N) is 1. The number of hydrogen-bond acceptors (Lipinski definition) is 4. The number of aromatic nitrogens is 1. The average molecular weight is 372 g/mol. The van der Waals surface area contributed by atoms with Crippen molar-refractivity contribution in [2.24, 2.45) is 0 Å². The molecule has 0 saturated carbocycles. The van der Waals surface area contributed by atoms with Gasteiger partial charge in [0.15, 0.2) is 0 Å². The number of ether oxygens (including phenoxy) is 1. The van der Waals surface area contributed by atoms with Crippen molar-refractivity contribution in [3.8, 4) is 5.75 Å². The van der Waals surface area contributed by atoms with Crippen LogP contribution < -0.4 is 14.9 Å². The van der Waals surface area contributed by atoms with E-state index in [1.807, 2.05) is 0 Å². The van der Waals surface area contributed by atoms with Gasteiger partial charge >= 0.3 is 4.87 Å². The number of benzene rings is 2. The van der Waals surface area contributed by atoms with Crippen LogP contribution in [0.4, 0.5) is 10.1 Å². The fraction of sp³-hybridized carbons (Fsp3) is 0.158. The number of aryl methyl sites for hydroxylation is 1. The summed E-state index contributed by atoms with van der Waals surface area (Å²) in [5.41, 5.74) is 2.17. The van der Waals surface area contributed by atoms with Crippen LogP contribution >= 0.6 is 11.3 Å². The Morgan fingerprint density at radius 1 is 1.23 bits per heavy atom. The lowest BCUT2D eigenvalue weighted by atomic mass is 10.2. The Balaban J connectivity index is 1.60. The monoisotopic (exact) mass is 372 g/mol. The predicted octanol–water partition coefficient (Wildman–Crippen LogP) is 3.58. The SMILES string of the molecule is Cc1csc(=O)n1CC(=O)Nc1cccc(OCc2ccc(F)cc2)c1. The standard InChI is InChI=1S/C19H17FN2O3S/c1-13-12-26-19(24)22(13)10-18(23)21-16-3-2-4-17(9-16)25-11-14-5-7-15(20)8-6-14/h2-9,12H,10-11H2,1H3,(H,21,23). The number of rotatable bonds is 6. The normalized spacial score (nSPS) is 10.5. The Morgan fingerprint density at radius 3 is 2.69 bits per heavy atom. The molecule has 0 saturated heterocycles. The van der Waals surface area contributed by atoms with Crippen molar-refractivity contribution < 1.29 is 13.9 Å². The van der Waals surface area contributed by atoms with Crippen LogP contribution in [0, 0.1) is 12.7 Å². The van der Waals surface area contributed by atoms with E-state index in [9.17, 15) is 14.0 Å². The zero-order chi connectivity index (χ0) is 18.5. The van der Waals surface area contributed by atoms with Gasteiger partial charge in [-0.1, -0.05) is 29.5 Å². The molecule has 0 radical (unpaired) electrons. The zero-order valence-electron chi connectivity index (χ0n) is 14.1. The van der Waals surface area contributed by atoms with E-state index in [0.29, 0.717) is 18.0 Å². The summed E-state index contributed by atoms with van der Waals surface area (Å²) in [6.07, 6.45) is 0. The summed E-state index contributed by atoms with van der Waals surface area (Å²) in [5.74, 6) is -0.00119. The molecule has 3 rings (SSSR count). The Hall–Kier alpha value is -2.93. The first kappa shape index (κ1) is 17.9. The minimum absolute atomic E-state index is 0.0329. The predicted molar refractivity (Wildman–Crippen MR) is 99.1 cm³/mol. The van der Waals surface area contributed by atoms with Gasteiger partial charge in [-0.25, -0.2) is 4.39 Å². The largest absolute Gasteiger partial charge is 0.489 e. The molecule has 0 atom stereocenters. The van der Waals surface area contributed by atoms with E-state index in [0.717, 1.165) is 22.6 Å². The van der Waals surface area contributed by atoms with Crippen molar-refractivity contribution in [1.29, 1.82) is 0 Å². The second-order valence-corrected chi connectivity index (χ2v) is 6.54. The van der Waals surface area contributed by atoms with Crippen LogP contribution in [0.2, 0.25) is 0 Å². The smallest absolute Gasteiger partial charge is 0.307 e. The second-order valence-electron chi connectivity index (χ2n) is 5.72. The first-order valence-electron chi connectivity index (χ1n) is 7.93. The summed E-state index contributed by atoms with van der Waals surface area (Å²) in [4.78, 5) is 23.7. The molecule has 2 aromatic carbocycles. The molecule has 134 valence electrons. The van der Waals surface area contributed by atoms with Crippen LogP contribution in [0.3, 0.4) is 0 Å². The Kier molecular flexibility index (Phi) is 5.48. The number of hydrogen-bond donors (Lipinski definition) is 1. The lowest BCUT2D eigenvalue weighted by molar-refractivity contribution is -0.116. The molecule has 0 unspecified atom stereocenters. The van der Waals surface area contributed by atoms with Gasteiger partial charge in [-0.15, -0.1) is 0 Å². The van der Waals surface area contributed by atoms with Gasteiger partial charge in [-0.05, 0) is 36.8 Å². The summed E-state index contributed by atoms with van der Waals surface area (Å²) in [7, 11) is 0. The number of carbonyl (C=O) groups is 1. The van der Waals surface area contributed by atoms with Gasteiger partial charge in [0, 0.05) is 22.8 Å². The van der Waals surface area contributed by atoms with Crippen LogP contribution in [0.25, 0.3) is 0 Å². The Morgan fingerprint density at radius 2 is 2.00 bits per heavy atom. The molecular formula is C19H17FN2O3S. The minimum atomic E-state index is -0.293. The number of thiazole rings is 1. The van der Waals surface area contributed by atoms with Gasteiger partial charge in [0.25, 0.3) is 0 Å². The van der Waals surface area contributed by atoms with Gasteiger partial charge in [0.05, 0.1) is 0 Å². The van der Waals surface area contributed by atoms with Crippen molar-refractivity contribution >= 4 is 22.9 Å². The van der Waals surface area contributed by atoms with Crippen LogP contribution in [0.5, 0.6) is 5.75 Å².